The second-order valence-corrected chi connectivity index (χ2v) is 7.79. The van der Waals surface area contributed by atoms with E-state index in [0.29, 0.717) is 23.7 Å². The summed E-state index contributed by atoms with van der Waals surface area (Å²) in [5.41, 5.74) is 0.878. The molecular formula is C25H34N2O6. The SMILES string of the molecule is CC[C@H](C(=O)NC(C)C)N(Cc1ccc(OC)cc1)C(=O)COc1cc(OC)cc(OC)c1. The highest BCUT2D eigenvalue weighted by Gasteiger charge is 2.29. The second kappa shape index (κ2) is 12.6. The van der Waals surface area contributed by atoms with Gasteiger partial charge in [0.05, 0.1) is 21.3 Å². The molecule has 0 aliphatic rings. The van der Waals surface area contributed by atoms with E-state index in [9.17, 15) is 9.59 Å². The first-order chi connectivity index (χ1) is 15.8. The van der Waals surface area contributed by atoms with Gasteiger partial charge in [0.15, 0.2) is 6.61 Å². The van der Waals surface area contributed by atoms with Crippen molar-refractivity contribution in [3.8, 4) is 23.0 Å². The van der Waals surface area contributed by atoms with Gasteiger partial charge in [0.1, 0.15) is 29.0 Å². The monoisotopic (exact) mass is 458 g/mol. The molecule has 0 aliphatic heterocycles. The Hall–Kier alpha value is -3.42. The number of methoxy groups -OCH3 is 3. The summed E-state index contributed by atoms with van der Waals surface area (Å²) in [7, 11) is 4.68. The van der Waals surface area contributed by atoms with Gasteiger partial charge in [-0.05, 0) is 38.0 Å². The molecule has 0 heterocycles. The maximum atomic E-state index is 13.3. The second-order valence-electron chi connectivity index (χ2n) is 7.79. The number of ether oxygens (including phenoxy) is 4. The van der Waals surface area contributed by atoms with Gasteiger partial charge < -0.3 is 29.2 Å². The maximum Gasteiger partial charge on any atom is 0.261 e. The Balaban J connectivity index is 2.24. The molecule has 0 aromatic heterocycles. The minimum Gasteiger partial charge on any atom is -0.497 e. The van der Waals surface area contributed by atoms with Crippen LogP contribution in [0.5, 0.6) is 23.0 Å². The van der Waals surface area contributed by atoms with Crippen molar-refractivity contribution in [3.63, 3.8) is 0 Å². The fourth-order valence-corrected chi connectivity index (χ4v) is 3.32. The van der Waals surface area contributed by atoms with Crippen LogP contribution < -0.4 is 24.3 Å². The van der Waals surface area contributed by atoms with Crippen molar-refractivity contribution in [1.29, 1.82) is 0 Å². The summed E-state index contributed by atoms with van der Waals surface area (Å²) in [5.74, 6) is 1.75. The van der Waals surface area contributed by atoms with Crippen LogP contribution in [0.1, 0.15) is 32.8 Å². The van der Waals surface area contributed by atoms with E-state index in [0.717, 1.165) is 11.3 Å². The predicted molar refractivity (Wildman–Crippen MR) is 126 cm³/mol. The molecule has 8 heteroatoms. The van der Waals surface area contributed by atoms with Crippen LogP contribution in [0, 0.1) is 0 Å². The predicted octanol–water partition coefficient (Wildman–Crippen LogP) is 3.42. The molecule has 0 saturated carbocycles. The van der Waals surface area contributed by atoms with Crippen LogP contribution in [-0.2, 0) is 16.1 Å². The van der Waals surface area contributed by atoms with Gasteiger partial charge in [-0.1, -0.05) is 19.1 Å². The summed E-state index contributed by atoms with van der Waals surface area (Å²) >= 11 is 0. The Morgan fingerprint density at radius 1 is 0.879 bits per heavy atom. The van der Waals surface area contributed by atoms with Crippen molar-refractivity contribution < 1.29 is 28.5 Å². The summed E-state index contributed by atoms with van der Waals surface area (Å²) in [4.78, 5) is 27.7. The zero-order valence-corrected chi connectivity index (χ0v) is 20.2. The number of carbonyl (C=O) groups is 2. The van der Waals surface area contributed by atoms with Crippen molar-refractivity contribution in [2.45, 2.75) is 45.8 Å². The molecule has 2 rings (SSSR count). The zero-order chi connectivity index (χ0) is 24.4. The highest BCUT2D eigenvalue weighted by atomic mass is 16.5. The first-order valence-electron chi connectivity index (χ1n) is 10.9. The number of hydrogen-bond acceptors (Lipinski definition) is 6. The Morgan fingerprint density at radius 2 is 1.42 bits per heavy atom. The minimum absolute atomic E-state index is 0.0370. The maximum absolute atomic E-state index is 13.3. The summed E-state index contributed by atoms with van der Waals surface area (Å²) < 4.78 is 21.5. The topological polar surface area (TPSA) is 86.3 Å². The van der Waals surface area contributed by atoms with Crippen LogP contribution in [0.2, 0.25) is 0 Å². The van der Waals surface area contributed by atoms with E-state index in [4.69, 9.17) is 18.9 Å². The Morgan fingerprint density at radius 3 is 1.91 bits per heavy atom. The van der Waals surface area contributed by atoms with E-state index < -0.39 is 6.04 Å². The highest BCUT2D eigenvalue weighted by molar-refractivity contribution is 5.88. The van der Waals surface area contributed by atoms with Gasteiger partial charge in [-0.3, -0.25) is 9.59 Å². The normalized spacial score (nSPS) is 11.5. The third-order valence-corrected chi connectivity index (χ3v) is 5.02. The van der Waals surface area contributed by atoms with E-state index in [1.165, 1.54) is 0 Å². The number of hydrogen-bond donors (Lipinski definition) is 1. The molecule has 2 aromatic carbocycles. The van der Waals surface area contributed by atoms with Crippen molar-refractivity contribution in [1.82, 2.24) is 10.2 Å². The molecule has 0 fully saturated rings. The number of nitrogens with one attached hydrogen (secondary N) is 1. The average Bonchev–Trinajstić information content (AvgIpc) is 2.82. The number of carbonyl (C=O) groups excluding carboxylic acids is 2. The molecule has 2 amide bonds. The molecule has 8 nitrogen and oxygen atoms in total. The van der Waals surface area contributed by atoms with Crippen LogP contribution in [0.4, 0.5) is 0 Å². The van der Waals surface area contributed by atoms with E-state index in [1.54, 1.807) is 44.4 Å². The minimum atomic E-state index is -0.634. The van der Waals surface area contributed by atoms with E-state index >= 15 is 0 Å². The Bertz CT molecular complexity index is 891. The number of amides is 2. The number of benzene rings is 2. The van der Waals surface area contributed by atoms with Gasteiger partial charge in [0, 0.05) is 30.8 Å². The Kier molecular flexibility index (Phi) is 9.84. The molecule has 2 aromatic rings. The fraction of sp³-hybridized carbons (Fsp3) is 0.440. The summed E-state index contributed by atoms with van der Waals surface area (Å²) in [5, 5.41) is 2.91. The van der Waals surface area contributed by atoms with E-state index in [1.807, 2.05) is 45.0 Å². The number of rotatable bonds is 12. The average molecular weight is 459 g/mol. The van der Waals surface area contributed by atoms with Crippen molar-refractivity contribution in [3.05, 3.63) is 48.0 Å². The molecule has 0 saturated heterocycles. The van der Waals surface area contributed by atoms with Gasteiger partial charge in [0.2, 0.25) is 5.91 Å². The Labute approximate surface area is 195 Å². The lowest BCUT2D eigenvalue weighted by atomic mass is 10.1. The molecule has 0 unspecified atom stereocenters. The first kappa shape index (κ1) is 25.8. The third-order valence-electron chi connectivity index (χ3n) is 5.02. The summed E-state index contributed by atoms with van der Waals surface area (Å²) in [6, 6.07) is 11.8. The molecule has 33 heavy (non-hydrogen) atoms. The molecule has 0 spiro atoms. The van der Waals surface area contributed by atoms with Crippen molar-refractivity contribution in [2.24, 2.45) is 0 Å². The van der Waals surface area contributed by atoms with Crippen molar-refractivity contribution in [2.75, 3.05) is 27.9 Å². The third kappa shape index (κ3) is 7.59. The smallest absolute Gasteiger partial charge is 0.261 e. The standard InChI is InChI=1S/C25H34N2O6/c1-7-23(25(29)26-17(2)3)27(15-18-8-10-19(30-4)11-9-18)24(28)16-33-22-13-20(31-5)12-21(14-22)32-6/h8-14,17,23H,7,15-16H2,1-6H3,(H,26,29)/t23-/m1/s1. The molecular weight excluding hydrogens is 424 g/mol. The van der Waals surface area contributed by atoms with Gasteiger partial charge in [0.25, 0.3) is 5.91 Å². The van der Waals surface area contributed by atoms with Gasteiger partial charge in [-0.25, -0.2) is 0 Å². The molecule has 0 aliphatic carbocycles. The van der Waals surface area contributed by atoms with Crippen LogP contribution in [0.25, 0.3) is 0 Å². The lowest BCUT2D eigenvalue weighted by Crippen LogP contribution is -2.51. The summed E-state index contributed by atoms with van der Waals surface area (Å²) in [6.07, 6.45) is 0.466. The van der Waals surface area contributed by atoms with Gasteiger partial charge in [-0.2, -0.15) is 0 Å². The molecule has 0 bridgehead atoms. The molecule has 180 valence electrons. The summed E-state index contributed by atoms with van der Waals surface area (Å²) in [6.45, 7) is 5.68. The van der Waals surface area contributed by atoms with Crippen LogP contribution in [0.3, 0.4) is 0 Å². The van der Waals surface area contributed by atoms with Gasteiger partial charge in [-0.15, -0.1) is 0 Å². The zero-order valence-electron chi connectivity index (χ0n) is 20.2. The first-order valence-corrected chi connectivity index (χ1v) is 10.9. The molecule has 1 atom stereocenters. The van der Waals surface area contributed by atoms with E-state index in [-0.39, 0.29) is 31.0 Å². The molecule has 1 N–H and O–H groups in total. The lowest BCUT2D eigenvalue weighted by molar-refractivity contribution is -0.143. The van der Waals surface area contributed by atoms with Gasteiger partial charge >= 0.3 is 0 Å². The number of nitrogens with zero attached hydrogens (tertiary/aromatic N) is 1. The largest absolute Gasteiger partial charge is 0.497 e. The van der Waals surface area contributed by atoms with Crippen LogP contribution >= 0.6 is 0 Å². The quantitative estimate of drug-likeness (QED) is 0.525. The van der Waals surface area contributed by atoms with E-state index in [2.05, 4.69) is 5.32 Å². The van der Waals surface area contributed by atoms with Crippen molar-refractivity contribution >= 4 is 11.8 Å². The van der Waals surface area contributed by atoms with Crippen LogP contribution in [0.15, 0.2) is 42.5 Å². The van der Waals surface area contributed by atoms with Crippen LogP contribution in [-0.4, -0.2) is 56.7 Å². The molecule has 0 radical (unpaired) electrons. The lowest BCUT2D eigenvalue weighted by Gasteiger charge is -2.31. The fourth-order valence-electron chi connectivity index (χ4n) is 3.32. The highest BCUT2D eigenvalue weighted by Crippen LogP contribution is 2.27.